The molecule has 0 fully saturated rings. The number of methoxy groups -OCH3 is 1. The van der Waals surface area contributed by atoms with Crippen LogP contribution in [0.4, 0.5) is 4.39 Å². The number of aliphatic carboxylic acids is 1. The van der Waals surface area contributed by atoms with Gasteiger partial charge in [0.05, 0.1) is 13.0 Å². The number of rotatable bonds is 4. The van der Waals surface area contributed by atoms with Gasteiger partial charge in [0.15, 0.2) is 0 Å². The summed E-state index contributed by atoms with van der Waals surface area (Å²) < 4.78 is 18.7. The van der Waals surface area contributed by atoms with Gasteiger partial charge in [-0.15, -0.1) is 0 Å². The van der Waals surface area contributed by atoms with E-state index in [9.17, 15) is 9.18 Å². The van der Waals surface area contributed by atoms with Crippen LogP contribution in [-0.4, -0.2) is 18.2 Å². The van der Waals surface area contributed by atoms with Crippen LogP contribution < -0.4 is 4.74 Å². The van der Waals surface area contributed by atoms with E-state index in [1.165, 1.54) is 20.1 Å². The SMILES string of the molecule is CCc1c(F)cc(C(C)C(=O)O)cc1OC. The van der Waals surface area contributed by atoms with Crippen molar-refractivity contribution in [3.05, 3.63) is 29.1 Å². The summed E-state index contributed by atoms with van der Waals surface area (Å²) in [7, 11) is 1.45. The molecule has 16 heavy (non-hydrogen) atoms. The van der Waals surface area contributed by atoms with Crippen molar-refractivity contribution in [3.63, 3.8) is 0 Å². The Morgan fingerprint density at radius 3 is 2.62 bits per heavy atom. The molecule has 0 radical (unpaired) electrons. The number of carboxylic acids is 1. The van der Waals surface area contributed by atoms with Gasteiger partial charge in [-0.3, -0.25) is 4.79 Å². The Labute approximate surface area is 93.9 Å². The molecule has 0 amide bonds. The molecule has 0 bridgehead atoms. The fourth-order valence-corrected chi connectivity index (χ4v) is 1.55. The summed E-state index contributed by atoms with van der Waals surface area (Å²) in [6.07, 6.45) is 0.511. The lowest BCUT2D eigenvalue weighted by Crippen LogP contribution is -2.09. The second-order valence-electron chi connectivity index (χ2n) is 3.60. The zero-order valence-electron chi connectivity index (χ0n) is 9.58. The molecule has 0 saturated carbocycles. The predicted octanol–water partition coefficient (Wildman–Crippen LogP) is 2.58. The molecule has 0 aromatic heterocycles. The lowest BCUT2D eigenvalue weighted by molar-refractivity contribution is -0.138. The molecule has 88 valence electrons. The van der Waals surface area contributed by atoms with Crippen LogP contribution in [0, 0.1) is 5.82 Å². The molecule has 0 aliphatic carbocycles. The predicted molar refractivity (Wildman–Crippen MR) is 58.4 cm³/mol. The van der Waals surface area contributed by atoms with Gasteiger partial charge < -0.3 is 9.84 Å². The van der Waals surface area contributed by atoms with Gasteiger partial charge in [-0.1, -0.05) is 6.92 Å². The minimum Gasteiger partial charge on any atom is -0.496 e. The van der Waals surface area contributed by atoms with Gasteiger partial charge in [0.2, 0.25) is 0 Å². The maximum atomic E-state index is 13.6. The molecule has 1 aromatic carbocycles. The summed E-state index contributed by atoms with van der Waals surface area (Å²) in [5, 5.41) is 8.85. The van der Waals surface area contributed by atoms with Crippen LogP contribution in [0.2, 0.25) is 0 Å². The summed E-state index contributed by atoms with van der Waals surface area (Å²) in [4.78, 5) is 10.8. The average Bonchev–Trinajstić information content (AvgIpc) is 2.26. The van der Waals surface area contributed by atoms with Crippen molar-refractivity contribution in [3.8, 4) is 5.75 Å². The summed E-state index contributed by atoms with van der Waals surface area (Å²) in [6, 6.07) is 2.85. The molecule has 4 heteroatoms. The zero-order chi connectivity index (χ0) is 12.3. The van der Waals surface area contributed by atoms with Crippen LogP contribution in [0.1, 0.15) is 30.9 Å². The Morgan fingerprint density at radius 1 is 1.56 bits per heavy atom. The monoisotopic (exact) mass is 226 g/mol. The first-order valence-electron chi connectivity index (χ1n) is 5.10. The highest BCUT2D eigenvalue weighted by Crippen LogP contribution is 2.28. The van der Waals surface area contributed by atoms with E-state index in [2.05, 4.69) is 0 Å². The maximum absolute atomic E-state index is 13.6. The van der Waals surface area contributed by atoms with Gasteiger partial charge >= 0.3 is 5.97 Å². The third-order valence-electron chi connectivity index (χ3n) is 2.62. The first-order chi connectivity index (χ1) is 7.51. The highest BCUT2D eigenvalue weighted by Gasteiger charge is 2.18. The Balaban J connectivity index is 3.25. The summed E-state index contributed by atoms with van der Waals surface area (Å²) in [6.45, 7) is 3.34. The van der Waals surface area contributed by atoms with Crippen molar-refractivity contribution in [2.24, 2.45) is 0 Å². The van der Waals surface area contributed by atoms with Gasteiger partial charge in [0, 0.05) is 5.56 Å². The lowest BCUT2D eigenvalue weighted by atomic mass is 9.98. The van der Waals surface area contributed by atoms with Gasteiger partial charge in [-0.25, -0.2) is 4.39 Å². The molecule has 1 unspecified atom stereocenters. The molecule has 0 aliphatic rings. The average molecular weight is 226 g/mol. The molecule has 0 aliphatic heterocycles. The Hall–Kier alpha value is -1.58. The number of ether oxygens (including phenoxy) is 1. The van der Waals surface area contributed by atoms with Crippen LogP contribution in [0.25, 0.3) is 0 Å². The molecule has 1 N–H and O–H groups in total. The van der Waals surface area contributed by atoms with Crippen molar-refractivity contribution in [1.82, 2.24) is 0 Å². The summed E-state index contributed by atoms with van der Waals surface area (Å²) in [5.74, 6) is -1.73. The van der Waals surface area contributed by atoms with E-state index in [4.69, 9.17) is 9.84 Å². The molecule has 1 aromatic rings. The summed E-state index contributed by atoms with van der Waals surface area (Å²) in [5.41, 5.74) is 0.892. The first-order valence-corrected chi connectivity index (χ1v) is 5.10. The lowest BCUT2D eigenvalue weighted by Gasteiger charge is -2.13. The second-order valence-corrected chi connectivity index (χ2v) is 3.60. The molecule has 3 nitrogen and oxygen atoms in total. The van der Waals surface area contributed by atoms with E-state index >= 15 is 0 Å². The van der Waals surface area contributed by atoms with Gasteiger partial charge in [0.25, 0.3) is 0 Å². The number of halogens is 1. The van der Waals surface area contributed by atoms with Crippen molar-refractivity contribution in [2.45, 2.75) is 26.2 Å². The van der Waals surface area contributed by atoms with Gasteiger partial charge in [-0.2, -0.15) is 0 Å². The van der Waals surface area contributed by atoms with Gasteiger partial charge in [0.1, 0.15) is 11.6 Å². The third kappa shape index (κ3) is 2.32. The number of carbonyl (C=O) groups is 1. The Morgan fingerprint density at radius 2 is 2.19 bits per heavy atom. The number of carboxylic acid groups (broad SMARTS) is 1. The highest BCUT2D eigenvalue weighted by molar-refractivity contribution is 5.75. The topological polar surface area (TPSA) is 46.5 Å². The van der Waals surface area contributed by atoms with Crippen LogP contribution in [0.15, 0.2) is 12.1 Å². The largest absolute Gasteiger partial charge is 0.496 e. The molecular weight excluding hydrogens is 211 g/mol. The quantitative estimate of drug-likeness (QED) is 0.858. The van der Waals surface area contributed by atoms with E-state index < -0.39 is 17.7 Å². The third-order valence-corrected chi connectivity index (χ3v) is 2.62. The number of benzene rings is 1. The molecule has 1 atom stereocenters. The highest BCUT2D eigenvalue weighted by atomic mass is 19.1. The maximum Gasteiger partial charge on any atom is 0.310 e. The van der Waals surface area contributed by atoms with Crippen molar-refractivity contribution >= 4 is 5.97 Å². The Bertz CT molecular complexity index is 401. The molecule has 0 spiro atoms. The fraction of sp³-hybridized carbons (Fsp3) is 0.417. The van der Waals surface area contributed by atoms with E-state index in [0.717, 1.165) is 0 Å². The Kier molecular flexibility index (Phi) is 3.88. The normalized spacial score (nSPS) is 12.2. The van der Waals surface area contributed by atoms with E-state index in [0.29, 0.717) is 23.3 Å². The fourth-order valence-electron chi connectivity index (χ4n) is 1.55. The zero-order valence-corrected chi connectivity index (χ0v) is 9.58. The van der Waals surface area contributed by atoms with Crippen LogP contribution in [-0.2, 0) is 11.2 Å². The minimum absolute atomic E-state index is 0.408. The molecule has 1 rings (SSSR count). The number of hydrogen-bond acceptors (Lipinski definition) is 2. The standard InChI is InChI=1S/C12H15FO3/c1-4-9-10(13)5-8(6-11(9)16-3)7(2)12(14)15/h5-7H,4H2,1-3H3,(H,14,15). The second kappa shape index (κ2) is 4.96. The minimum atomic E-state index is -0.981. The molecule has 0 saturated heterocycles. The van der Waals surface area contributed by atoms with Crippen LogP contribution in [0.5, 0.6) is 5.75 Å². The number of hydrogen-bond donors (Lipinski definition) is 1. The summed E-state index contributed by atoms with van der Waals surface area (Å²) >= 11 is 0. The molecule has 0 heterocycles. The smallest absolute Gasteiger partial charge is 0.310 e. The van der Waals surface area contributed by atoms with Crippen molar-refractivity contribution in [2.75, 3.05) is 7.11 Å². The van der Waals surface area contributed by atoms with Crippen LogP contribution in [0.3, 0.4) is 0 Å². The van der Waals surface area contributed by atoms with E-state index in [-0.39, 0.29) is 0 Å². The van der Waals surface area contributed by atoms with Crippen LogP contribution >= 0.6 is 0 Å². The van der Waals surface area contributed by atoms with Crippen molar-refractivity contribution in [1.29, 1.82) is 0 Å². The van der Waals surface area contributed by atoms with E-state index in [1.54, 1.807) is 6.07 Å². The molecular formula is C12H15FO3. The van der Waals surface area contributed by atoms with Crippen molar-refractivity contribution < 1.29 is 19.0 Å². The van der Waals surface area contributed by atoms with E-state index in [1.807, 2.05) is 6.92 Å². The first kappa shape index (κ1) is 12.5. The van der Waals surface area contributed by atoms with Gasteiger partial charge in [-0.05, 0) is 31.0 Å².